The van der Waals surface area contributed by atoms with Gasteiger partial charge in [0.2, 0.25) is 0 Å². The fraction of sp³-hybridized carbons (Fsp3) is 1.00. The van der Waals surface area contributed by atoms with Crippen molar-refractivity contribution < 1.29 is 20.4 Å². The quantitative estimate of drug-likeness (QED) is 0.315. The van der Waals surface area contributed by atoms with Gasteiger partial charge in [-0.3, -0.25) is 0 Å². The van der Waals surface area contributed by atoms with Crippen LogP contribution in [0, 0.1) is 10.8 Å². The van der Waals surface area contributed by atoms with Gasteiger partial charge in [0.05, 0.1) is 26.4 Å². The monoisotopic (exact) mass is 376 g/mol. The van der Waals surface area contributed by atoms with Gasteiger partial charge >= 0.3 is 0 Å². The Balaban J connectivity index is 0. The minimum absolute atomic E-state index is 0.128. The summed E-state index contributed by atoms with van der Waals surface area (Å²) >= 11 is 0. The molecule has 0 atom stereocenters. The Kier molecular flexibility index (Phi) is 19.7. The summed E-state index contributed by atoms with van der Waals surface area (Å²) in [5.74, 6) is 0. The van der Waals surface area contributed by atoms with Crippen molar-refractivity contribution >= 4 is 0 Å². The molecule has 0 rings (SSSR count). The van der Waals surface area contributed by atoms with Crippen LogP contribution in [0.1, 0.15) is 105 Å². The molecule has 0 unspecified atom stereocenters. The van der Waals surface area contributed by atoms with Crippen molar-refractivity contribution in [2.24, 2.45) is 10.8 Å². The molecule has 0 aliphatic rings. The van der Waals surface area contributed by atoms with Crippen LogP contribution < -0.4 is 0 Å². The van der Waals surface area contributed by atoms with Crippen LogP contribution in [-0.2, 0) is 0 Å². The van der Waals surface area contributed by atoms with Gasteiger partial charge in [-0.25, -0.2) is 0 Å². The lowest BCUT2D eigenvalue weighted by Crippen LogP contribution is -2.29. The Morgan fingerprint density at radius 1 is 0.423 bits per heavy atom. The normalized spacial score (nSPS) is 12.0. The van der Waals surface area contributed by atoms with Crippen LogP contribution in [0.15, 0.2) is 0 Å². The maximum absolute atomic E-state index is 9.27. The van der Waals surface area contributed by atoms with E-state index in [-0.39, 0.29) is 37.3 Å². The van der Waals surface area contributed by atoms with Gasteiger partial charge in [-0.15, -0.1) is 0 Å². The summed E-state index contributed by atoms with van der Waals surface area (Å²) in [6.07, 6.45) is 12.8. The summed E-state index contributed by atoms with van der Waals surface area (Å²) < 4.78 is 0. The number of hydrogen-bond donors (Lipinski definition) is 4. The molecule has 0 spiro atoms. The van der Waals surface area contributed by atoms with Crippen LogP contribution in [0.5, 0.6) is 0 Å². The average Bonchev–Trinajstić information content (AvgIpc) is 2.70. The largest absolute Gasteiger partial charge is 0.396 e. The van der Waals surface area contributed by atoms with E-state index in [2.05, 4.69) is 27.7 Å². The predicted octanol–water partition coefficient (Wildman–Crippen LogP) is 4.68. The summed E-state index contributed by atoms with van der Waals surface area (Å²) in [6, 6.07) is 0. The topological polar surface area (TPSA) is 80.9 Å². The molecule has 0 aliphatic heterocycles. The minimum atomic E-state index is -0.202. The molecule has 0 bridgehead atoms. The summed E-state index contributed by atoms with van der Waals surface area (Å²) in [5.41, 5.74) is -0.405. The van der Waals surface area contributed by atoms with Gasteiger partial charge in [0.15, 0.2) is 0 Å². The van der Waals surface area contributed by atoms with E-state index in [1.807, 2.05) is 0 Å². The van der Waals surface area contributed by atoms with E-state index < -0.39 is 0 Å². The Hall–Kier alpha value is -0.160. The standard InChI is InChI=1S/2C11H24O2/c2*1-3-5-7-11(9-12,10-13)8-6-4-2/h2*12-13H,3-10H2,1-2H3. The Morgan fingerprint density at radius 2 is 0.615 bits per heavy atom. The average molecular weight is 377 g/mol. The van der Waals surface area contributed by atoms with E-state index in [4.69, 9.17) is 0 Å². The van der Waals surface area contributed by atoms with E-state index in [0.717, 1.165) is 77.0 Å². The maximum atomic E-state index is 9.27. The third kappa shape index (κ3) is 12.3. The molecule has 0 aliphatic carbocycles. The predicted molar refractivity (Wildman–Crippen MR) is 111 cm³/mol. The molecule has 0 radical (unpaired) electrons. The first-order valence-corrected chi connectivity index (χ1v) is 10.9. The molecule has 160 valence electrons. The highest BCUT2D eigenvalue weighted by atomic mass is 16.3. The van der Waals surface area contributed by atoms with Crippen LogP contribution in [0.4, 0.5) is 0 Å². The van der Waals surface area contributed by atoms with Crippen molar-refractivity contribution in [3.8, 4) is 0 Å². The third-order valence-electron chi connectivity index (χ3n) is 5.58. The lowest BCUT2D eigenvalue weighted by molar-refractivity contribution is 0.0360. The molecule has 4 N–H and O–H groups in total. The Morgan fingerprint density at radius 3 is 0.731 bits per heavy atom. The van der Waals surface area contributed by atoms with Crippen molar-refractivity contribution in [1.82, 2.24) is 0 Å². The smallest absolute Gasteiger partial charge is 0.0509 e. The SMILES string of the molecule is CCCCC(CO)(CO)CCCC.CCCCC(CO)(CO)CCCC. The van der Waals surface area contributed by atoms with Crippen LogP contribution >= 0.6 is 0 Å². The summed E-state index contributed by atoms with van der Waals surface area (Å²) in [4.78, 5) is 0. The Labute approximate surface area is 163 Å². The highest BCUT2D eigenvalue weighted by Crippen LogP contribution is 2.30. The molecule has 0 aromatic rings. The van der Waals surface area contributed by atoms with E-state index in [1.54, 1.807) is 0 Å². The Bertz CT molecular complexity index is 225. The molecule has 0 amide bonds. The van der Waals surface area contributed by atoms with Gasteiger partial charge in [-0.2, -0.15) is 0 Å². The number of unbranched alkanes of at least 4 members (excludes halogenated alkanes) is 4. The van der Waals surface area contributed by atoms with Crippen LogP contribution in [0.25, 0.3) is 0 Å². The fourth-order valence-corrected chi connectivity index (χ4v) is 3.19. The van der Waals surface area contributed by atoms with Gasteiger partial charge < -0.3 is 20.4 Å². The van der Waals surface area contributed by atoms with Crippen molar-refractivity contribution in [3.63, 3.8) is 0 Å². The highest BCUT2D eigenvalue weighted by molar-refractivity contribution is 4.78. The second kappa shape index (κ2) is 18.2. The first-order valence-electron chi connectivity index (χ1n) is 10.9. The molecule has 0 heterocycles. The maximum Gasteiger partial charge on any atom is 0.0509 e. The fourth-order valence-electron chi connectivity index (χ4n) is 3.19. The van der Waals surface area contributed by atoms with Gasteiger partial charge in [0.25, 0.3) is 0 Å². The number of aliphatic hydroxyl groups excluding tert-OH is 4. The molecule has 4 nitrogen and oxygen atoms in total. The summed E-state index contributed by atoms with van der Waals surface area (Å²) in [5, 5.41) is 37.1. The second-order valence-corrected chi connectivity index (χ2v) is 8.05. The number of rotatable bonds is 16. The first-order chi connectivity index (χ1) is 12.5. The zero-order chi connectivity index (χ0) is 20.3. The van der Waals surface area contributed by atoms with Crippen LogP contribution in [0.2, 0.25) is 0 Å². The van der Waals surface area contributed by atoms with Crippen LogP contribution in [0.3, 0.4) is 0 Å². The minimum Gasteiger partial charge on any atom is -0.396 e. The zero-order valence-corrected chi connectivity index (χ0v) is 18.1. The van der Waals surface area contributed by atoms with Crippen molar-refractivity contribution in [1.29, 1.82) is 0 Å². The van der Waals surface area contributed by atoms with Crippen LogP contribution in [-0.4, -0.2) is 46.9 Å². The van der Waals surface area contributed by atoms with Crippen molar-refractivity contribution in [2.75, 3.05) is 26.4 Å². The molecular formula is C22H48O4. The summed E-state index contributed by atoms with van der Waals surface area (Å²) in [7, 11) is 0. The summed E-state index contributed by atoms with van der Waals surface area (Å²) in [6.45, 7) is 9.07. The molecule has 0 fully saturated rings. The van der Waals surface area contributed by atoms with E-state index in [0.29, 0.717) is 0 Å². The lowest BCUT2D eigenvalue weighted by Gasteiger charge is -2.29. The number of aliphatic hydroxyl groups is 4. The lowest BCUT2D eigenvalue weighted by atomic mass is 9.80. The zero-order valence-electron chi connectivity index (χ0n) is 18.1. The van der Waals surface area contributed by atoms with E-state index >= 15 is 0 Å². The molecule has 0 saturated carbocycles. The molecule has 4 heteroatoms. The van der Waals surface area contributed by atoms with Gasteiger partial charge in [-0.05, 0) is 25.7 Å². The first kappa shape index (κ1) is 28.1. The second-order valence-electron chi connectivity index (χ2n) is 8.05. The highest BCUT2D eigenvalue weighted by Gasteiger charge is 2.27. The molecule has 0 saturated heterocycles. The van der Waals surface area contributed by atoms with Gasteiger partial charge in [0, 0.05) is 10.8 Å². The third-order valence-corrected chi connectivity index (χ3v) is 5.58. The molecule has 0 aromatic carbocycles. The van der Waals surface area contributed by atoms with E-state index in [1.165, 1.54) is 0 Å². The van der Waals surface area contributed by atoms with Gasteiger partial charge in [0.1, 0.15) is 0 Å². The van der Waals surface area contributed by atoms with E-state index in [9.17, 15) is 20.4 Å². The van der Waals surface area contributed by atoms with Crippen molar-refractivity contribution in [3.05, 3.63) is 0 Å². The number of hydrogen-bond acceptors (Lipinski definition) is 4. The van der Waals surface area contributed by atoms with Gasteiger partial charge in [-0.1, -0.05) is 79.1 Å². The molecule has 26 heavy (non-hydrogen) atoms. The molecular weight excluding hydrogens is 328 g/mol. The van der Waals surface area contributed by atoms with Crippen molar-refractivity contribution in [2.45, 2.75) is 105 Å². The molecule has 0 aromatic heterocycles.